The highest BCUT2D eigenvalue weighted by Gasteiger charge is 2.09. The number of morpholine rings is 1. The van der Waals surface area contributed by atoms with Gasteiger partial charge in [0.15, 0.2) is 0 Å². The molecule has 0 spiro atoms. The molecule has 1 aromatic heterocycles. The zero-order valence-corrected chi connectivity index (χ0v) is 14.0. The lowest BCUT2D eigenvalue weighted by Crippen LogP contribution is -2.38. The predicted octanol–water partition coefficient (Wildman–Crippen LogP) is 3.22. The quantitative estimate of drug-likeness (QED) is 0.817. The molecular weight excluding hydrogens is 344 g/mol. The topological polar surface area (TPSA) is 34.6 Å². The molecular formula is C17H19BrN2O2. The molecule has 1 fully saturated rings. The van der Waals surface area contributed by atoms with Crippen LogP contribution in [0.5, 0.6) is 5.75 Å². The van der Waals surface area contributed by atoms with E-state index in [1.807, 2.05) is 18.3 Å². The maximum atomic E-state index is 5.89. The van der Waals surface area contributed by atoms with Crippen LogP contribution in [0.2, 0.25) is 0 Å². The second-order valence-corrected chi connectivity index (χ2v) is 6.14. The van der Waals surface area contributed by atoms with Crippen molar-refractivity contribution in [2.75, 3.05) is 39.5 Å². The van der Waals surface area contributed by atoms with Gasteiger partial charge in [-0.1, -0.05) is 12.1 Å². The SMILES string of the molecule is Brc1cncc(-c2cccc(OCCN3CCOCC3)c2)c1. The van der Waals surface area contributed by atoms with E-state index in [0.29, 0.717) is 6.61 Å². The molecule has 0 amide bonds. The van der Waals surface area contributed by atoms with Crippen molar-refractivity contribution in [3.63, 3.8) is 0 Å². The van der Waals surface area contributed by atoms with Crippen LogP contribution >= 0.6 is 15.9 Å². The van der Waals surface area contributed by atoms with Crippen LogP contribution in [-0.4, -0.2) is 49.3 Å². The van der Waals surface area contributed by atoms with E-state index in [-0.39, 0.29) is 0 Å². The number of aromatic nitrogens is 1. The Morgan fingerprint density at radius 2 is 2.00 bits per heavy atom. The minimum atomic E-state index is 0.695. The van der Waals surface area contributed by atoms with E-state index in [9.17, 15) is 0 Å². The van der Waals surface area contributed by atoms with Crippen LogP contribution in [0.1, 0.15) is 0 Å². The van der Waals surface area contributed by atoms with Crippen LogP contribution < -0.4 is 4.74 Å². The molecule has 1 aliphatic rings. The van der Waals surface area contributed by atoms with Gasteiger partial charge in [-0.2, -0.15) is 0 Å². The molecule has 2 heterocycles. The van der Waals surface area contributed by atoms with Crippen molar-refractivity contribution in [1.29, 1.82) is 0 Å². The molecule has 4 nitrogen and oxygen atoms in total. The standard InChI is InChI=1S/C17H19BrN2O2/c18-16-10-15(12-19-13-16)14-2-1-3-17(11-14)22-9-6-20-4-7-21-8-5-20/h1-3,10-13H,4-9H2. The summed E-state index contributed by atoms with van der Waals surface area (Å²) in [5.74, 6) is 0.894. The van der Waals surface area contributed by atoms with E-state index in [4.69, 9.17) is 9.47 Å². The van der Waals surface area contributed by atoms with E-state index in [2.05, 4.69) is 44.0 Å². The third-order valence-corrected chi connectivity index (χ3v) is 4.09. The summed E-state index contributed by atoms with van der Waals surface area (Å²) >= 11 is 3.45. The van der Waals surface area contributed by atoms with Gasteiger partial charge in [0, 0.05) is 42.1 Å². The molecule has 22 heavy (non-hydrogen) atoms. The number of rotatable bonds is 5. The monoisotopic (exact) mass is 362 g/mol. The molecule has 1 aliphatic heterocycles. The molecule has 0 radical (unpaired) electrons. The first kappa shape index (κ1) is 15.5. The average Bonchev–Trinajstić information content (AvgIpc) is 2.56. The van der Waals surface area contributed by atoms with Gasteiger partial charge in [-0.3, -0.25) is 9.88 Å². The molecule has 0 bridgehead atoms. The van der Waals surface area contributed by atoms with E-state index >= 15 is 0 Å². The van der Waals surface area contributed by atoms with Crippen molar-refractivity contribution in [3.8, 4) is 16.9 Å². The van der Waals surface area contributed by atoms with E-state index < -0.39 is 0 Å². The van der Waals surface area contributed by atoms with Gasteiger partial charge < -0.3 is 9.47 Å². The third-order valence-electron chi connectivity index (χ3n) is 3.65. The average molecular weight is 363 g/mol. The van der Waals surface area contributed by atoms with Gasteiger partial charge in [0.1, 0.15) is 12.4 Å². The minimum absolute atomic E-state index is 0.695. The molecule has 2 aromatic rings. The lowest BCUT2D eigenvalue weighted by Gasteiger charge is -2.26. The lowest BCUT2D eigenvalue weighted by atomic mass is 10.1. The highest BCUT2D eigenvalue weighted by Crippen LogP contribution is 2.25. The Balaban J connectivity index is 1.59. The van der Waals surface area contributed by atoms with E-state index in [1.165, 1.54) is 0 Å². The van der Waals surface area contributed by atoms with Crippen LogP contribution in [0, 0.1) is 0 Å². The molecule has 3 rings (SSSR count). The number of benzene rings is 1. The molecule has 0 aliphatic carbocycles. The summed E-state index contributed by atoms with van der Waals surface area (Å²) in [6.45, 7) is 5.27. The Bertz CT molecular complexity index is 615. The van der Waals surface area contributed by atoms with Gasteiger partial charge in [-0.25, -0.2) is 0 Å². The fourth-order valence-electron chi connectivity index (χ4n) is 2.45. The van der Waals surface area contributed by atoms with Gasteiger partial charge in [0.25, 0.3) is 0 Å². The summed E-state index contributed by atoms with van der Waals surface area (Å²) in [5, 5.41) is 0. The maximum Gasteiger partial charge on any atom is 0.119 e. The number of ether oxygens (including phenoxy) is 2. The molecule has 5 heteroatoms. The Hall–Kier alpha value is -1.43. The fourth-order valence-corrected chi connectivity index (χ4v) is 2.82. The summed E-state index contributed by atoms with van der Waals surface area (Å²) in [4.78, 5) is 6.57. The Morgan fingerprint density at radius 1 is 1.14 bits per heavy atom. The fraction of sp³-hybridized carbons (Fsp3) is 0.353. The Labute approximate surface area is 139 Å². The first-order valence-corrected chi connectivity index (χ1v) is 8.24. The van der Waals surface area contributed by atoms with Gasteiger partial charge in [0.2, 0.25) is 0 Å². The zero-order chi connectivity index (χ0) is 15.2. The second kappa shape index (κ2) is 7.72. The first-order valence-electron chi connectivity index (χ1n) is 7.45. The third kappa shape index (κ3) is 4.29. The molecule has 116 valence electrons. The van der Waals surface area contributed by atoms with Crippen molar-refractivity contribution in [1.82, 2.24) is 9.88 Å². The van der Waals surface area contributed by atoms with E-state index in [1.54, 1.807) is 6.20 Å². The van der Waals surface area contributed by atoms with Gasteiger partial charge in [-0.15, -0.1) is 0 Å². The number of pyridine rings is 1. The first-order chi connectivity index (χ1) is 10.8. The highest BCUT2D eigenvalue weighted by molar-refractivity contribution is 9.10. The smallest absolute Gasteiger partial charge is 0.119 e. The normalized spacial score (nSPS) is 15.7. The number of hydrogen-bond donors (Lipinski definition) is 0. The Morgan fingerprint density at radius 3 is 2.82 bits per heavy atom. The zero-order valence-electron chi connectivity index (χ0n) is 12.4. The van der Waals surface area contributed by atoms with Gasteiger partial charge in [-0.05, 0) is 39.7 Å². The minimum Gasteiger partial charge on any atom is -0.492 e. The van der Waals surface area contributed by atoms with Crippen molar-refractivity contribution in [2.24, 2.45) is 0 Å². The van der Waals surface area contributed by atoms with Crippen LogP contribution in [0.15, 0.2) is 47.2 Å². The van der Waals surface area contributed by atoms with Crippen molar-refractivity contribution < 1.29 is 9.47 Å². The predicted molar refractivity (Wildman–Crippen MR) is 90.1 cm³/mol. The van der Waals surface area contributed by atoms with Gasteiger partial charge >= 0.3 is 0 Å². The van der Waals surface area contributed by atoms with Crippen LogP contribution in [0.3, 0.4) is 0 Å². The van der Waals surface area contributed by atoms with Crippen molar-refractivity contribution in [3.05, 3.63) is 47.2 Å². The molecule has 0 saturated carbocycles. The summed E-state index contributed by atoms with van der Waals surface area (Å²) in [5.41, 5.74) is 2.19. The maximum absolute atomic E-state index is 5.89. The van der Waals surface area contributed by atoms with Gasteiger partial charge in [0.05, 0.1) is 13.2 Å². The molecule has 0 atom stereocenters. The largest absolute Gasteiger partial charge is 0.492 e. The molecule has 0 N–H and O–H groups in total. The summed E-state index contributed by atoms with van der Waals surface area (Å²) in [7, 11) is 0. The molecule has 0 unspecified atom stereocenters. The van der Waals surface area contributed by atoms with Crippen molar-refractivity contribution >= 4 is 15.9 Å². The highest BCUT2D eigenvalue weighted by atomic mass is 79.9. The van der Waals surface area contributed by atoms with Crippen LogP contribution in [0.4, 0.5) is 0 Å². The van der Waals surface area contributed by atoms with Crippen LogP contribution in [0.25, 0.3) is 11.1 Å². The summed E-state index contributed by atoms with van der Waals surface area (Å²) in [6, 6.07) is 10.2. The number of hydrogen-bond acceptors (Lipinski definition) is 4. The summed E-state index contributed by atoms with van der Waals surface area (Å²) in [6.07, 6.45) is 3.64. The second-order valence-electron chi connectivity index (χ2n) is 5.22. The number of nitrogens with zero attached hydrogens (tertiary/aromatic N) is 2. The molecule has 1 saturated heterocycles. The summed E-state index contributed by atoms with van der Waals surface area (Å²) < 4.78 is 12.2. The number of halogens is 1. The Kier molecular flexibility index (Phi) is 5.43. The van der Waals surface area contributed by atoms with Crippen LogP contribution in [-0.2, 0) is 4.74 Å². The molecule has 1 aromatic carbocycles. The van der Waals surface area contributed by atoms with E-state index in [0.717, 1.165) is 54.2 Å². The lowest BCUT2D eigenvalue weighted by molar-refractivity contribution is 0.0322. The van der Waals surface area contributed by atoms with Crippen molar-refractivity contribution in [2.45, 2.75) is 0 Å².